The summed E-state index contributed by atoms with van der Waals surface area (Å²) in [5.74, 6) is -2.63. The summed E-state index contributed by atoms with van der Waals surface area (Å²) in [5, 5.41) is 20.4. The van der Waals surface area contributed by atoms with Gasteiger partial charge >= 0.3 is 5.97 Å². The number of hydrogen-bond donors (Lipinski definition) is 8. The molecule has 0 radical (unpaired) electrons. The van der Waals surface area contributed by atoms with Gasteiger partial charge in [-0.2, -0.15) is 0 Å². The van der Waals surface area contributed by atoms with Crippen molar-refractivity contribution in [3.05, 3.63) is 82.0 Å². The van der Waals surface area contributed by atoms with Gasteiger partial charge in [-0.3, -0.25) is 30.6 Å². The first-order valence-electron chi connectivity index (χ1n) is 12.6. The maximum Gasteiger partial charge on any atom is 0.328 e. The summed E-state index contributed by atoms with van der Waals surface area (Å²) in [7, 11) is 0. The van der Waals surface area contributed by atoms with E-state index in [2.05, 4.69) is 20.8 Å². The average molecular weight is 570 g/mol. The van der Waals surface area contributed by atoms with E-state index >= 15 is 0 Å². The summed E-state index contributed by atoms with van der Waals surface area (Å²) in [6.07, 6.45) is 2.63. The van der Waals surface area contributed by atoms with Gasteiger partial charge in [-0.25, -0.2) is 9.79 Å². The smallest absolute Gasteiger partial charge is 0.328 e. The van der Waals surface area contributed by atoms with E-state index in [1.54, 1.807) is 0 Å². The third-order valence-electron chi connectivity index (χ3n) is 5.83. The number of amides is 2. The standard InChI is InChI=1S/C15H22N6O5.C11H13N3O/c16-11(9-10-5-2-1-3-6-10)13(22)19-20-15(17)18-12(14(23)24)7-4-8-21(25)26;12-9(11(13)15)5-7-6-14-10-4-2-1-3-8(7)10/h1-3,5-6,11-12H,4,7-9,16H2,(H,19,22)(H,23,24)(H3,17,18,20);1-4,6,9,14H,5,12H2,(H2,13,15)/t11-,12+;/m1./s1. The van der Waals surface area contributed by atoms with Gasteiger partial charge in [-0.15, -0.1) is 0 Å². The van der Waals surface area contributed by atoms with Crippen molar-refractivity contribution in [3.63, 3.8) is 0 Å². The second-order valence-electron chi connectivity index (χ2n) is 9.05. The fourth-order valence-corrected chi connectivity index (χ4v) is 3.67. The molecule has 0 aliphatic carbocycles. The highest BCUT2D eigenvalue weighted by molar-refractivity contribution is 5.87. The fraction of sp³-hybridized carbons (Fsp3) is 0.308. The van der Waals surface area contributed by atoms with Crippen molar-refractivity contribution in [3.8, 4) is 0 Å². The SMILES string of the molecule is NC(=N[C@@H](CCC[N+](=O)[O-])C(=O)O)NNC(=O)[C@H](N)Cc1ccccc1.NC(=O)C(N)Cc1c[nH]c2ccccc12. The van der Waals surface area contributed by atoms with E-state index < -0.39 is 40.8 Å². The number of benzene rings is 2. The van der Waals surface area contributed by atoms with Crippen molar-refractivity contribution >= 4 is 34.6 Å². The number of nitro groups is 1. The van der Waals surface area contributed by atoms with Gasteiger partial charge in [0.2, 0.25) is 18.4 Å². The van der Waals surface area contributed by atoms with Crippen LogP contribution in [-0.2, 0) is 27.2 Å². The van der Waals surface area contributed by atoms with E-state index in [0.717, 1.165) is 22.0 Å². The third-order valence-corrected chi connectivity index (χ3v) is 5.83. The van der Waals surface area contributed by atoms with Crippen LogP contribution in [0.3, 0.4) is 0 Å². The van der Waals surface area contributed by atoms with Gasteiger partial charge in [0.15, 0.2) is 6.04 Å². The lowest BCUT2D eigenvalue weighted by Gasteiger charge is -2.14. The topological polar surface area (TPSA) is 271 Å². The average Bonchev–Trinajstić information content (AvgIpc) is 3.34. The van der Waals surface area contributed by atoms with Crippen molar-refractivity contribution in [2.45, 2.75) is 43.8 Å². The molecule has 1 heterocycles. The molecule has 15 heteroatoms. The molecule has 2 aromatic carbocycles. The minimum Gasteiger partial charge on any atom is -0.480 e. The van der Waals surface area contributed by atoms with Crippen LogP contribution < -0.4 is 33.8 Å². The number of rotatable bonds is 12. The van der Waals surface area contributed by atoms with Crippen LogP contribution in [0.1, 0.15) is 24.0 Å². The van der Waals surface area contributed by atoms with E-state index in [0.29, 0.717) is 12.8 Å². The molecule has 220 valence electrons. The van der Waals surface area contributed by atoms with Crippen molar-refractivity contribution in [1.82, 2.24) is 15.8 Å². The van der Waals surface area contributed by atoms with Crippen molar-refractivity contribution in [1.29, 1.82) is 0 Å². The number of carboxylic acid groups (broad SMARTS) is 1. The molecule has 12 N–H and O–H groups in total. The maximum atomic E-state index is 11.9. The van der Waals surface area contributed by atoms with Crippen molar-refractivity contribution in [2.75, 3.05) is 6.54 Å². The fourth-order valence-electron chi connectivity index (χ4n) is 3.67. The number of fused-ring (bicyclic) bond motifs is 1. The molecule has 15 nitrogen and oxygen atoms in total. The van der Waals surface area contributed by atoms with Crippen molar-refractivity contribution in [2.24, 2.45) is 27.9 Å². The highest BCUT2D eigenvalue weighted by atomic mass is 16.6. The molecule has 3 aromatic rings. The summed E-state index contributed by atoms with van der Waals surface area (Å²) in [6.45, 7) is -0.363. The Bertz CT molecular complexity index is 1350. The highest BCUT2D eigenvalue weighted by Gasteiger charge is 2.19. The maximum absolute atomic E-state index is 11.9. The zero-order valence-electron chi connectivity index (χ0n) is 22.2. The van der Waals surface area contributed by atoms with Crippen LogP contribution in [-0.4, -0.2) is 63.4 Å². The Hall–Kier alpha value is -5.02. The molecule has 0 aliphatic heterocycles. The summed E-state index contributed by atoms with van der Waals surface area (Å²) in [5.41, 5.74) is 29.5. The van der Waals surface area contributed by atoms with E-state index in [9.17, 15) is 24.5 Å². The number of aromatic nitrogens is 1. The number of hydrogen-bond acceptors (Lipinski definition) is 8. The number of primary amides is 1. The van der Waals surface area contributed by atoms with Gasteiger partial charge in [0.05, 0.1) is 12.1 Å². The van der Waals surface area contributed by atoms with Gasteiger partial charge in [0.25, 0.3) is 5.91 Å². The molecule has 41 heavy (non-hydrogen) atoms. The zero-order valence-corrected chi connectivity index (χ0v) is 22.2. The number of carboxylic acids is 1. The molecule has 0 saturated heterocycles. The summed E-state index contributed by atoms with van der Waals surface area (Å²) >= 11 is 0. The van der Waals surface area contributed by atoms with Gasteiger partial charge < -0.3 is 33.0 Å². The largest absolute Gasteiger partial charge is 0.480 e. The first-order chi connectivity index (χ1) is 19.5. The molecule has 3 atom stereocenters. The Morgan fingerprint density at radius 1 is 0.976 bits per heavy atom. The monoisotopic (exact) mass is 569 g/mol. The normalized spacial score (nSPS) is 13.3. The number of guanidine groups is 1. The Balaban J connectivity index is 0.000000329. The van der Waals surface area contributed by atoms with Gasteiger partial charge in [0, 0.05) is 28.4 Å². The summed E-state index contributed by atoms with van der Waals surface area (Å²) in [4.78, 5) is 50.4. The lowest BCUT2D eigenvalue weighted by Crippen LogP contribution is -2.52. The van der Waals surface area contributed by atoms with Crippen LogP contribution in [0.4, 0.5) is 0 Å². The van der Waals surface area contributed by atoms with Crippen LogP contribution in [0, 0.1) is 10.1 Å². The third kappa shape index (κ3) is 11.3. The van der Waals surface area contributed by atoms with E-state index in [4.69, 9.17) is 28.0 Å². The lowest BCUT2D eigenvalue weighted by molar-refractivity contribution is -0.480. The molecule has 0 aliphatic rings. The highest BCUT2D eigenvalue weighted by Crippen LogP contribution is 2.18. The first-order valence-corrected chi connectivity index (χ1v) is 12.6. The van der Waals surface area contributed by atoms with Gasteiger partial charge in [-0.1, -0.05) is 48.5 Å². The number of hydrazine groups is 1. The lowest BCUT2D eigenvalue weighted by atomic mass is 10.1. The molecule has 1 aromatic heterocycles. The second-order valence-corrected chi connectivity index (χ2v) is 9.05. The van der Waals surface area contributed by atoms with E-state index in [-0.39, 0.29) is 25.3 Å². The number of carbonyl (C=O) groups excluding carboxylic acids is 2. The van der Waals surface area contributed by atoms with E-state index in [1.165, 1.54) is 0 Å². The number of aliphatic carboxylic acids is 1. The minimum absolute atomic E-state index is 0.0368. The first kappa shape index (κ1) is 32.2. The zero-order chi connectivity index (χ0) is 30.4. The van der Waals surface area contributed by atoms with Crippen LogP contribution in [0.2, 0.25) is 0 Å². The number of para-hydroxylation sites is 1. The molecule has 1 unspecified atom stereocenters. The molecular formula is C26H35N9O6. The van der Waals surface area contributed by atoms with E-state index in [1.807, 2.05) is 60.8 Å². The molecule has 3 rings (SSSR count). The number of carbonyl (C=O) groups is 3. The molecule has 2 amide bonds. The number of nitrogens with two attached hydrogens (primary N) is 4. The Labute approximate surface area is 235 Å². The predicted octanol–water partition coefficient (Wildman–Crippen LogP) is -0.475. The minimum atomic E-state index is -1.27. The Morgan fingerprint density at radius 3 is 2.27 bits per heavy atom. The Morgan fingerprint density at radius 2 is 1.63 bits per heavy atom. The molecule has 0 spiro atoms. The molecule has 0 saturated carbocycles. The van der Waals surface area contributed by atoms with Crippen molar-refractivity contribution < 1.29 is 24.4 Å². The summed E-state index contributed by atoms with van der Waals surface area (Å²) < 4.78 is 0. The predicted molar refractivity (Wildman–Crippen MR) is 153 cm³/mol. The quantitative estimate of drug-likeness (QED) is 0.0600. The van der Waals surface area contributed by atoms with Crippen LogP contribution >= 0.6 is 0 Å². The van der Waals surface area contributed by atoms with Crippen LogP contribution in [0.15, 0.2) is 65.8 Å². The number of aromatic amines is 1. The molecule has 0 fully saturated rings. The molecule has 0 bridgehead atoms. The Kier molecular flexibility index (Phi) is 12.7. The van der Waals surface area contributed by atoms with Gasteiger partial charge in [-0.05, 0) is 36.5 Å². The number of aliphatic imine (C=N–C) groups is 1. The number of nitrogens with zero attached hydrogens (tertiary/aromatic N) is 2. The van der Waals surface area contributed by atoms with Crippen LogP contribution in [0.5, 0.6) is 0 Å². The summed E-state index contributed by atoms with van der Waals surface area (Å²) in [6, 6.07) is 14.3. The second kappa shape index (κ2) is 16.2. The van der Waals surface area contributed by atoms with Gasteiger partial charge in [0.1, 0.15) is 0 Å². The van der Waals surface area contributed by atoms with Crippen LogP contribution in [0.25, 0.3) is 10.9 Å². The molecular weight excluding hydrogens is 534 g/mol. The number of nitrogens with one attached hydrogen (secondary N) is 3. The number of H-pyrrole nitrogens is 1.